The Morgan fingerprint density at radius 1 is 1.47 bits per heavy atom. The molecule has 0 saturated heterocycles. The molecule has 0 radical (unpaired) electrons. The van der Waals surface area contributed by atoms with Crippen LogP contribution in [0.15, 0.2) is 24.3 Å². The molecule has 0 aromatic heterocycles. The lowest BCUT2D eigenvalue weighted by Gasteiger charge is -2.13. The largest absolute Gasteiger partial charge is 0.481 e. The molecule has 17 heavy (non-hydrogen) atoms. The van der Waals surface area contributed by atoms with E-state index in [0.717, 1.165) is 18.2 Å². The standard InChI is InChI=1S/C10H10F3NO3/c11-10(12,13)7-3-1-2-6(4-7)8(5-17-14)9(15)16/h1-4,8H,5,14H2,(H,15,16). The smallest absolute Gasteiger partial charge is 0.416 e. The van der Waals surface area contributed by atoms with Crippen LogP contribution in [0, 0.1) is 0 Å². The molecule has 3 N–H and O–H groups in total. The highest BCUT2D eigenvalue weighted by Crippen LogP contribution is 2.31. The van der Waals surface area contributed by atoms with Gasteiger partial charge in [0.1, 0.15) is 5.92 Å². The Kier molecular flexibility index (Phi) is 4.08. The Balaban J connectivity index is 3.08. The highest BCUT2D eigenvalue weighted by Gasteiger charge is 2.31. The normalized spacial score (nSPS) is 13.4. The first-order valence-corrected chi connectivity index (χ1v) is 4.58. The minimum absolute atomic E-state index is 0.00206. The second-order valence-corrected chi connectivity index (χ2v) is 3.35. The van der Waals surface area contributed by atoms with Crippen molar-refractivity contribution in [3.05, 3.63) is 35.4 Å². The van der Waals surface area contributed by atoms with Gasteiger partial charge in [0.05, 0.1) is 12.2 Å². The third-order valence-electron chi connectivity index (χ3n) is 2.18. The van der Waals surface area contributed by atoms with E-state index in [-0.39, 0.29) is 5.56 Å². The van der Waals surface area contributed by atoms with Crippen LogP contribution in [0.5, 0.6) is 0 Å². The van der Waals surface area contributed by atoms with Gasteiger partial charge in [0.25, 0.3) is 0 Å². The number of hydrogen-bond acceptors (Lipinski definition) is 3. The van der Waals surface area contributed by atoms with E-state index in [0.29, 0.717) is 0 Å². The van der Waals surface area contributed by atoms with E-state index in [9.17, 15) is 18.0 Å². The first-order chi connectivity index (χ1) is 7.86. The first kappa shape index (κ1) is 13.5. The fraction of sp³-hybridized carbons (Fsp3) is 0.300. The van der Waals surface area contributed by atoms with Crippen LogP contribution >= 0.6 is 0 Å². The second kappa shape index (κ2) is 5.15. The Morgan fingerprint density at radius 2 is 2.12 bits per heavy atom. The van der Waals surface area contributed by atoms with E-state index < -0.39 is 30.2 Å². The quantitative estimate of drug-likeness (QED) is 0.797. The number of aliphatic carboxylic acids is 1. The van der Waals surface area contributed by atoms with Crippen molar-refractivity contribution in [2.45, 2.75) is 12.1 Å². The molecule has 0 aliphatic rings. The maximum absolute atomic E-state index is 12.4. The number of carboxylic acids is 1. The molecule has 0 aliphatic carbocycles. The van der Waals surface area contributed by atoms with Crippen molar-refractivity contribution in [2.24, 2.45) is 5.90 Å². The molecule has 7 heteroatoms. The Labute approximate surface area is 94.8 Å². The Hall–Kier alpha value is -1.60. The van der Waals surface area contributed by atoms with Crippen LogP contribution in [0.1, 0.15) is 17.0 Å². The van der Waals surface area contributed by atoms with Crippen molar-refractivity contribution in [3.8, 4) is 0 Å². The molecular formula is C10H10F3NO3. The number of carboxylic acid groups (broad SMARTS) is 1. The third kappa shape index (κ3) is 3.43. The van der Waals surface area contributed by atoms with Crippen LogP contribution < -0.4 is 5.90 Å². The fourth-order valence-corrected chi connectivity index (χ4v) is 1.34. The lowest BCUT2D eigenvalue weighted by atomic mass is 9.98. The van der Waals surface area contributed by atoms with E-state index in [2.05, 4.69) is 4.84 Å². The lowest BCUT2D eigenvalue weighted by molar-refractivity contribution is -0.141. The number of carbonyl (C=O) groups is 1. The summed E-state index contributed by atoms with van der Waals surface area (Å²) in [5.41, 5.74) is -0.906. The molecule has 1 atom stereocenters. The van der Waals surface area contributed by atoms with E-state index in [1.807, 2.05) is 0 Å². The molecule has 94 valence electrons. The molecule has 0 heterocycles. The van der Waals surface area contributed by atoms with Crippen molar-refractivity contribution in [1.29, 1.82) is 0 Å². The van der Waals surface area contributed by atoms with Crippen molar-refractivity contribution < 1.29 is 27.9 Å². The molecule has 0 spiro atoms. The number of hydrogen-bond donors (Lipinski definition) is 2. The summed E-state index contributed by atoms with van der Waals surface area (Å²) in [6.07, 6.45) is -4.51. The van der Waals surface area contributed by atoms with Gasteiger partial charge in [-0.1, -0.05) is 18.2 Å². The minimum atomic E-state index is -4.51. The van der Waals surface area contributed by atoms with Crippen molar-refractivity contribution >= 4 is 5.97 Å². The molecule has 0 saturated carbocycles. The van der Waals surface area contributed by atoms with Gasteiger partial charge in [-0.05, 0) is 11.6 Å². The first-order valence-electron chi connectivity index (χ1n) is 4.58. The summed E-state index contributed by atoms with van der Waals surface area (Å²) in [7, 11) is 0. The average molecular weight is 249 g/mol. The summed E-state index contributed by atoms with van der Waals surface area (Å²) < 4.78 is 37.2. The molecule has 0 fully saturated rings. The third-order valence-corrected chi connectivity index (χ3v) is 2.18. The van der Waals surface area contributed by atoms with Crippen LogP contribution in [-0.2, 0) is 15.8 Å². The summed E-state index contributed by atoms with van der Waals surface area (Å²) in [5, 5.41) is 8.83. The van der Waals surface area contributed by atoms with Crippen LogP contribution in [0.2, 0.25) is 0 Å². The van der Waals surface area contributed by atoms with E-state index in [4.69, 9.17) is 11.0 Å². The highest BCUT2D eigenvalue weighted by atomic mass is 19.4. The maximum atomic E-state index is 12.4. The number of benzene rings is 1. The SMILES string of the molecule is NOCC(C(=O)O)c1cccc(C(F)(F)F)c1. The molecule has 1 rings (SSSR count). The van der Waals surface area contributed by atoms with Crippen LogP contribution in [0.3, 0.4) is 0 Å². The van der Waals surface area contributed by atoms with Crippen molar-refractivity contribution in [1.82, 2.24) is 0 Å². The predicted molar refractivity (Wildman–Crippen MR) is 52.0 cm³/mol. The van der Waals surface area contributed by atoms with E-state index in [1.54, 1.807) is 0 Å². The lowest BCUT2D eigenvalue weighted by Crippen LogP contribution is -2.20. The summed E-state index contributed by atoms with van der Waals surface area (Å²) in [4.78, 5) is 15.0. The van der Waals surface area contributed by atoms with Gasteiger partial charge in [-0.2, -0.15) is 13.2 Å². The zero-order valence-electron chi connectivity index (χ0n) is 8.57. The Bertz CT molecular complexity index is 406. The summed E-state index contributed by atoms with van der Waals surface area (Å²) >= 11 is 0. The molecule has 0 bridgehead atoms. The van der Waals surface area contributed by atoms with Gasteiger partial charge in [0, 0.05) is 0 Å². The zero-order chi connectivity index (χ0) is 13.1. The van der Waals surface area contributed by atoms with Gasteiger partial charge in [-0.25, -0.2) is 5.90 Å². The van der Waals surface area contributed by atoms with Crippen LogP contribution in [0.25, 0.3) is 0 Å². The van der Waals surface area contributed by atoms with Gasteiger partial charge < -0.3 is 9.94 Å². The summed E-state index contributed by atoms with van der Waals surface area (Å²) in [6.45, 7) is -0.392. The number of rotatable bonds is 4. The van der Waals surface area contributed by atoms with Gasteiger partial charge in [-0.3, -0.25) is 4.79 Å². The van der Waals surface area contributed by atoms with E-state index >= 15 is 0 Å². The molecule has 1 aromatic carbocycles. The van der Waals surface area contributed by atoms with Gasteiger partial charge in [0.2, 0.25) is 0 Å². The summed E-state index contributed by atoms with van der Waals surface area (Å²) in [5.74, 6) is 2.23. The molecular weight excluding hydrogens is 239 g/mol. The highest BCUT2D eigenvalue weighted by molar-refractivity contribution is 5.76. The van der Waals surface area contributed by atoms with Crippen LogP contribution in [-0.4, -0.2) is 17.7 Å². The van der Waals surface area contributed by atoms with Gasteiger partial charge in [0.15, 0.2) is 0 Å². The predicted octanol–water partition coefficient (Wildman–Crippen LogP) is 1.76. The van der Waals surface area contributed by atoms with Crippen LogP contribution in [0.4, 0.5) is 13.2 Å². The monoisotopic (exact) mass is 249 g/mol. The molecule has 1 unspecified atom stereocenters. The fourth-order valence-electron chi connectivity index (χ4n) is 1.34. The molecule has 1 aromatic rings. The van der Waals surface area contributed by atoms with Gasteiger partial charge >= 0.3 is 12.1 Å². The number of halogens is 3. The minimum Gasteiger partial charge on any atom is -0.481 e. The average Bonchev–Trinajstić information content (AvgIpc) is 2.24. The summed E-state index contributed by atoms with van der Waals surface area (Å²) in [6, 6.07) is 4.07. The van der Waals surface area contributed by atoms with Crippen molar-refractivity contribution in [2.75, 3.05) is 6.61 Å². The van der Waals surface area contributed by atoms with E-state index in [1.165, 1.54) is 6.07 Å². The number of nitrogens with two attached hydrogens (primary N) is 1. The molecule has 4 nitrogen and oxygen atoms in total. The Morgan fingerprint density at radius 3 is 2.59 bits per heavy atom. The maximum Gasteiger partial charge on any atom is 0.416 e. The number of alkyl halides is 3. The topological polar surface area (TPSA) is 72.5 Å². The zero-order valence-corrected chi connectivity index (χ0v) is 8.57. The van der Waals surface area contributed by atoms with Gasteiger partial charge in [-0.15, -0.1) is 0 Å². The van der Waals surface area contributed by atoms with Crippen molar-refractivity contribution in [3.63, 3.8) is 0 Å². The molecule has 0 aliphatic heterocycles. The second-order valence-electron chi connectivity index (χ2n) is 3.35. The molecule has 0 amide bonds.